The molecule has 0 saturated carbocycles. The van der Waals surface area contributed by atoms with Gasteiger partial charge in [-0.25, -0.2) is 9.79 Å². The summed E-state index contributed by atoms with van der Waals surface area (Å²) in [5.74, 6) is 0.684. The van der Waals surface area contributed by atoms with Gasteiger partial charge in [0.15, 0.2) is 22.9 Å². The highest BCUT2D eigenvalue weighted by molar-refractivity contribution is 7.07. The highest BCUT2D eigenvalue weighted by Gasteiger charge is 2.36. The van der Waals surface area contributed by atoms with Gasteiger partial charge in [-0.05, 0) is 54.5 Å². The van der Waals surface area contributed by atoms with Crippen molar-refractivity contribution in [3.05, 3.63) is 96.7 Å². The highest BCUT2D eigenvalue weighted by atomic mass is 32.1. The van der Waals surface area contributed by atoms with E-state index in [0.717, 1.165) is 10.8 Å². The molecule has 6 rings (SSSR count). The third-order valence-corrected chi connectivity index (χ3v) is 9.12. The van der Waals surface area contributed by atoms with Crippen LogP contribution in [-0.4, -0.2) is 75.1 Å². The predicted octanol–water partition coefficient (Wildman–Crippen LogP) is 3.21. The molecule has 1 atom stereocenters. The molecule has 2 aliphatic rings. The maximum atomic E-state index is 14.3. The molecule has 12 heteroatoms. The second-order valence-electron chi connectivity index (χ2n) is 10.9. The molecule has 11 nitrogen and oxygen atoms in total. The zero-order valence-electron chi connectivity index (χ0n) is 26.6. The van der Waals surface area contributed by atoms with Crippen molar-refractivity contribution >= 4 is 40.1 Å². The molecular formula is C35H35N3O8S. The van der Waals surface area contributed by atoms with Gasteiger partial charge in [0.2, 0.25) is 0 Å². The summed E-state index contributed by atoms with van der Waals surface area (Å²) in [6.07, 6.45) is 1.75. The number of aromatic nitrogens is 1. The van der Waals surface area contributed by atoms with E-state index in [1.807, 2.05) is 36.4 Å². The number of hydrogen-bond acceptors (Lipinski definition) is 10. The van der Waals surface area contributed by atoms with Crippen LogP contribution in [0.5, 0.6) is 17.2 Å². The van der Waals surface area contributed by atoms with E-state index in [0.29, 0.717) is 69.7 Å². The third-order valence-electron chi connectivity index (χ3n) is 8.14. The number of carbonyl (C=O) groups excluding carboxylic acids is 2. The van der Waals surface area contributed by atoms with Crippen molar-refractivity contribution in [3.63, 3.8) is 0 Å². The Hall–Kier alpha value is -4.94. The monoisotopic (exact) mass is 657 g/mol. The van der Waals surface area contributed by atoms with E-state index in [9.17, 15) is 14.4 Å². The molecule has 0 N–H and O–H groups in total. The minimum absolute atomic E-state index is 0.129. The van der Waals surface area contributed by atoms with Gasteiger partial charge in [-0.2, -0.15) is 0 Å². The van der Waals surface area contributed by atoms with Crippen LogP contribution >= 0.6 is 11.3 Å². The van der Waals surface area contributed by atoms with E-state index in [-0.39, 0.29) is 30.3 Å². The average molecular weight is 658 g/mol. The molecule has 2 aliphatic heterocycles. The molecule has 0 spiro atoms. The molecule has 1 aromatic heterocycles. The van der Waals surface area contributed by atoms with Gasteiger partial charge in [-0.3, -0.25) is 14.2 Å². The summed E-state index contributed by atoms with van der Waals surface area (Å²) in [6.45, 7) is 5.61. The van der Waals surface area contributed by atoms with E-state index in [1.165, 1.54) is 18.4 Å². The number of amides is 1. The van der Waals surface area contributed by atoms with Crippen molar-refractivity contribution in [1.29, 1.82) is 0 Å². The SMILES string of the molecule is CCOC(=O)C1=C(C)N=c2s/c(=C/c3ccc(OCC(=O)N4CCOCC4)c(OC)c3)c(=O)n2[C@H]1c1c(OC)ccc2ccccc12. The lowest BCUT2D eigenvalue weighted by Crippen LogP contribution is -2.43. The van der Waals surface area contributed by atoms with Gasteiger partial charge in [0.25, 0.3) is 11.5 Å². The number of methoxy groups -OCH3 is 2. The number of ether oxygens (including phenoxy) is 5. The zero-order chi connectivity index (χ0) is 33.1. The summed E-state index contributed by atoms with van der Waals surface area (Å²) in [7, 11) is 3.08. The van der Waals surface area contributed by atoms with E-state index < -0.39 is 12.0 Å². The Balaban J connectivity index is 1.42. The quantitative estimate of drug-likeness (QED) is 0.252. The summed E-state index contributed by atoms with van der Waals surface area (Å²) >= 11 is 1.22. The second-order valence-corrected chi connectivity index (χ2v) is 11.9. The number of benzene rings is 3. The molecule has 0 unspecified atom stereocenters. The first-order valence-electron chi connectivity index (χ1n) is 15.3. The number of fused-ring (bicyclic) bond motifs is 2. The number of rotatable bonds is 9. The van der Waals surface area contributed by atoms with Crippen LogP contribution in [0.2, 0.25) is 0 Å². The third kappa shape index (κ3) is 6.26. The molecule has 0 radical (unpaired) electrons. The molecule has 244 valence electrons. The Bertz CT molecular complexity index is 2060. The van der Waals surface area contributed by atoms with Gasteiger partial charge in [0, 0.05) is 18.7 Å². The minimum atomic E-state index is -0.845. The lowest BCUT2D eigenvalue weighted by atomic mass is 9.90. The van der Waals surface area contributed by atoms with Gasteiger partial charge in [0.05, 0.1) is 49.8 Å². The Labute approximate surface area is 274 Å². The number of allylic oxidation sites excluding steroid dienone is 1. The fraction of sp³-hybridized carbons (Fsp3) is 0.314. The predicted molar refractivity (Wildman–Crippen MR) is 177 cm³/mol. The van der Waals surface area contributed by atoms with E-state index in [1.54, 1.807) is 54.7 Å². The van der Waals surface area contributed by atoms with Crippen molar-refractivity contribution in [2.45, 2.75) is 19.9 Å². The van der Waals surface area contributed by atoms with Gasteiger partial charge in [-0.1, -0.05) is 47.7 Å². The van der Waals surface area contributed by atoms with Crippen LogP contribution < -0.4 is 29.1 Å². The first-order valence-corrected chi connectivity index (χ1v) is 16.1. The normalized spacial score (nSPS) is 16.5. The molecule has 1 amide bonds. The zero-order valence-corrected chi connectivity index (χ0v) is 27.4. The molecule has 1 saturated heterocycles. The number of esters is 1. The van der Waals surface area contributed by atoms with Gasteiger partial charge in [-0.15, -0.1) is 0 Å². The van der Waals surface area contributed by atoms with E-state index in [4.69, 9.17) is 28.7 Å². The number of nitrogens with zero attached hydrogens (tertiary/aromatic N) is 3. The molecular weight excluding hydrogens is 622 g/mol. The molecule has 4 aromatic rings. The number of hydrogen-bond donors (Lipinski definition) is 0. The standard InChI is InChI=1S/C35H35N3O8S/c1-5-45-34(41)30-21(2)36-35-38(32(30)31-24-9-7-6-8-23(24)11-13-26(31)42-3)33(40)28(47-35)19-22-10-12-25(27(18-22)43-4)46-20-29(39)37-14-16-44-17-15-37/h6-13,18-19,32H,5,14-17,20H2,1-4H3/b28-19+/t32-/m1/s1. The molecule has 1 fully saturated rings. The largest absolute Gasteiger partial charge is 0.496 e. The van der Waals surface area contributed by atoms with Gasteiger partial charge in [0.1, 0.15) is 11.8 Å². The fourth-order valence-electron chi connectivity index (χ4n) is 5.89. The summed E-state index contributed by atoms with van der Waals surface area (Å²) in [4.78, 5) is 47.2. The van der Waals surface area contributed by atoms with Crippen LogP contribution in [0, 0.1) is 0 Å². The topological polar surface area (TPSA) is 118 Å². The van der Waals surface area contributed by atoms with Crippen molar-refractivity contribution < 1.29 is 33.3 Å². The van der Waals surface area contributed by atoms with Crippen LogP contribution in [-0.2, 0) is 19.1 Å². The van der Waals surface area contributed by atoms with Crippen LogP contribution in [0.15, 0.2) is 75.7 Å². The summed E-state index contributed by atoms with van der Waals surface area (Å²) in [6, 6.07) is 16.0. The Morgan fingerprint density at radius 3 is 2.51 bits per heavy atom. The van der Waals surface area contributed by atoms with Crippen LogP contribution in [0.4, 0.5) is 0 Å². The molecule has 3 heterocycles. The first-order chi connectivity index (χ1) is 22.8. The fourth-order valence-corrected chi connectivity index (χ4v) is 6.93. The maximum Gasteiger partial charge on any atom is 0.338 e. The molecule has 0 aliphatic carbocycles. The molecule has 3 aromatic carbocycles. The van der Waals surface area contributed by atoms with E-state index in [2.05, 4.69) is 0 Å². The van der Waals surface area contributed by atoms with Crippen molar-refractivity contribution in [2.24, 2.45) is 4.99 Å². The number of carbonyl (C=O) groups is 2. The van der Waals surface area contributed by atoms with Gasteiger partial charge >= 0.3 is 5.97 Å². The average Bonchev–Trinajstić information content (AvgIpc) is 3.40. The number of thiazole rings is 1. The first kappa shape index (κ1) is 32.0. The van der Waals surface area contributed by atoms with Crippen molar-refractivity contribution in [2.75, 3.05) is 53.7 Å². The van der Waals surface area contributed by atoms with Crippen LogP contribution in [0.3, 0.4) is 0 Å². The Kier molecular flexibility index (Phi) is 9.41. The summed E-state index contributed by atoms with van der Waals surface area (Å²) < 4.78 is 29.9. The minimum Gasteiger partial charge on any atom is -0.496 e. The Morgan fingerprint density at radius 1 is 1.02 bits per heavy atom. The Morgan fingerprint density at radius 2 is 1.77 bits per heavy atom. The lowest BCUT2D eigenvalue weighted by Gasteiger charge is -2.27. The van der Waals surface area contributed by atoms with E-state index >= 15 is 0 Å². The lowest BCUT2D eigenvalue weighted by molar-refractivity contribution is -0.139. The molecule has 0 bridgehead atoms. The van der Waals surface area contributed by atoms with Crippen LogP contribution in [0.25, 0.3) is 16.8 Å². The van der Waals surface area contributed by atoms with Crippen molar-refractivity contribution in [3.8, 4) is 17.2 Å². The molecule has 47 heavy (non-hydrogen) atoms. The highest BCUT2D eigenvalue weighted by Crippen LogP contribution is 2.40. The smallest absolute Gasteiger partial charge is 0.338 e. The maximum absolute atomic E-state index is 14.3. The second kappa shape index (κ2) is 13.8. The van der Waals surface area contributed by atoms with Gasteiger partial charge < -0.3 is 28.6 Å². The summed E-state index contributed by atoms with van der Waals surface area (Å²) in [5.41, 5.74) is 1.77. The number of morpholine rings is 1. The summed E-state index contributed by atoms with van der Waals surface area (Å²) in [5, 5.41) is 1.78. The van der Waals surface area contributed by atoms with Crippen LogP contribution in [0.1, 0.15) is 31.0 Å². The van der Waals surface area contributed by atoms with Crippen molar-refractivity contribution in [1.82, 2.24) is 9.47 Å².